The van der Waals surface area contributed by atoms with Gasteiger partial charge in [-0.3, -0.25) is 9.59 Å². The van der Waals surface area contributed by atoms with Crippen molar-refractivity contribution in [2.24, 2.45) is 11.8 Å². The average Bonchev–Trinajstić information content (AvgIpc) is 3.06. The second kappa shape index (κ2) is 5.01. The topological polar surface area (TPSA) is 78.9 Å². The fraction of sp³-hybridized carbons (Fsp3) is 0.818. The number of likely N-dealkylation sites (N-methyl/N-ethyl adjacent to an activating group) is 1. The second-order valence-electron chi connectivity index (χ2n) is 4.79. The molecule has 96 valence electrons. The van der Waals surface area contributed by atoms with Crippen molar-refractivity contribution >= 4 is 11.9 Å². The quantitative estimate of drug-likeness (QED) is 0.671. The lowest BCUT2D eigenvalue weighted by molar-refractivity contribution is -0.140. The molecule has 17 heavy (non-hydrogen) atoms. The molecule has 0 aromatic heterocycles. The Kier molecular flexibility index (Phi) is 3.63. The molecule has 2 fully saturated rings. The molecule has 6 heteroatoms. The van der Waals surface area contributed by atoms with Crippen molar-refractivity contribution in [3.8, 4) is 0 Å². The molecule has 0 spiro atoms. The smallest absolute Gasteiger partial charge is 0.307 e. The van der Waals surface area contributed by atoms with Gasteiger partial charge < -0.3 is 20.1 Å². The van der Waals surface area contributed by atoms with E-state index >= 15 is 0 Å². The third-order valence-electron chi connectivity index (χ3n) is 3.29. The first-order valence-electron chi connectivity index (χ1n) is 5.88. The number of carbonyl (C=O) groups excluding carboxylic acids is 1. The van der Waals surface area contributed by atoms with Crippen LogP contribution in [0.2, 0.25) is 0 Å². The van der Waals surface area contributed by atoms with Crippen molar-refractivity contribution in [1.82, 2.24) is 10.2 Å². The van der Waals surface area contributed by atoms with Gasteiger partial charge in [0.25, 0.3) is 0 Å². The van der Waals surface area contributed by atoms with Crippen LogP contribution in [0.4, 0.5) is 0 Å². The first kappa shape index (κ1) is 12.3. The fourth-order valence-electron chi connectivity index (χ4n) is 2.09. The molecule has 1 aliphatic carbocycles. The zero-order valence-electron chi connectivity index (χ0n) is 9.89. The Morgan fingerprint density at radius 2 is 2.24 bits per heavy atom. The van der Waals surface area contributed by atoms with E-state index in [4.69, 9.17) is 9.84 Å². The number of carboxylic acid groups (broad SMARTS) is 1. The van der Waals surface area contributed by atoms with Gasteiger partial charge in [-0.2, -0.15) is 0 Å². The Morgan fingerprint density at radius 3 is 2.82 bits per heavy atom. The molecule has 0 bridgehead atoms. The SMILES string of the molecule is CN1CCOC(CNC(=O)[C@@H]2C[C@@H]2C(=O)O)C1. The van der Waals surface area contributed by atoms with Crippen LogP contribution in [0.25, 0.3) is 0 Å². The fourth-order valence-corrected chi connectivity index (χ4v) is 2.09. The van der Waals surface area contributed by atoms with Crippen LogP contribution in [0, 0.1) is 11.8 Å². The zero-order valence-corrected chi connectivity index (χ0v) is 9.89. The summed E-state index contributed by atoms with van der Waals surface area (Å²) in [6.07, 6.45) is 0.479. The Bertz CT molecular complexity index is 321. The molecule has 0 aromatic rings. The summed E-state index contributed by atoms with van der Waals surface area (Å²) in [5.74, 6) is -1.85. The van der Waals surface area contributed by atoms with Crippen LogP contribution in [0.15, 0.2) is 0 Å². The van der Waals surface area contributed by atoms with Gasteiger partial charge >= 0.3 is 5.97 Å². The van der Waals surface area contributed by atoms with Gasteiger partial charge in [-0.05, 0) is 13.5 Å². The van der Waals surface area contributed by atoms with Crippen molar-refractivity contribution in [2.45, 2.75) is 12.5 Å². The van der Waals surface area contributed by atoms with E-state index in [0.29, 0.717) is 19.6 Å². The number of nitrogens with one attached hydrogen (secondary N) is 1. The van der Waals surface area contributed by atoms with E-state index in [2.05, 4.69) is 10.2 Å². The summed E-state index contributed by atoms with van der Waals surface area (Å²) in [5, 5.41) is 11.5. The van der Waals surface area contributed by atoms with Gasteiger partial charge in [-0.15, -0.1) is 0 Å². The number of carboxylic acids is 1. The van der Waals surface area contributed by atoms with E-state index in [-0.39, 0.29) is 17.9 Å². The van der Waals surface area contributed by atoms with Crippen LogP contribution < -0.4 is 5.32 Å². The molecule has 0 aromatic carbocycles. The predicted octanol–water partition coefficient (Wildman–Crippen LogP) is -0.846. The Morgan fingerprint density at radius 1 is 1.47 bits per heavy atom. The molecule has 2 aliphatic rings. The molecular weight excluding hydrogens is 224 g/mol. The summed E-state index contributed by atoms with van der Waals surface area (Å²) >= 11 is 0. The van der Waals surface area contributed by atoms with Gasteiger partial charge in [0.05, 0.1) is 24.5 Å². The molecule has 2 N–H and O–H groups in total. The summed E-state index contributed by atoms with van der Waals surface area (Å²) < 4.78 is 5.50. The van der Waals surface area contributed by atoms with E-state index in [1.54, 1.807) is 0 Å². The van der Waals surface area contributed by atoms with Crippen LogP contribution >= 0.6 is 0 Å². The highest BCUT2D eigenvalue weighted by Crippen LogP contribution is 2.38. The summed E-state index contributed by atoms with van der Waals surface area (Å²) in [7, 11) is 2.01. The highest BCUT2D eigenvalue weighted by atomic mass is 16.5. The van der Waals surface area contributed by atoms with Crippen molar-refractivity contribution in [1.29, 1.82) is 0 Å². The van der Waals surface area contributed by atoms with Crippen LogP contribution in [0.3, 0.4) is 0 Å². The Labute approximate surface area is 99.9 Å². The molecule has 1 unspecified atom stereocenters. The lowest BCUT2D eigenvalue weighted by Crippen LogP contribution is -2.46. The van der Waals surface area contributed by atoms with Gasteiger partial charge in [0.1, 0.15) is 0 Å². The molecule has 1 heterocycles. The first-order valence-corrected chi connectivity index (χ1v) is 5.88. The van der Waals surface area contributed by atoms with Crippen molar-refractivity contribution < 1.29 is 19.4 Å². The molecule has 1 amide bonds. The number of amides is 1. The lowest BCUT2D eigenvalue weighted by Gasteiger charge is -2.30. The van der Waals surface area contributed by atoms with Gasteiger partial charge in [-0.1, -0.05) is 0 Å². The molecule has 0 radical (unpaired) electrons. The Balaban J connectivity index is 1.68. The molecule has 1 aliphatic heterocycles. The van der Waals surface area contributed by atoms with E-state index in [9.17, 15) is 9.59 Å². The van der Waals surface area contributed by atoms with Gasteiger partial charge in [0.2, 0.25) is 5.91 Å². The number of rotatable bonds is 4. The van der Waals surface area contributed by atoms with Gasteiger partial charge in [-0.25, -0.2) is 0 Å². The number of hydrogen-bond acceptors (Lipinski definition) is 4. The maximum absolute atomic E-state index is 11.6. The van der Waals surface area contributed by atoms with Gasteiger partial charge in [0, 0.05) is 19.6 Å². The predicted molar refractivity (Wildman–Crippen MR) is 59.5 cm³/mol. The monoisotopic (exact) mass is 242 g/mol. The van der Waals surface area contributed by atoms with Crippen LogP contribution in [0.1, 0.15) is 6.42 Å². The average molecular weight is 242 g/mol. The summed E-state index contributed by atoms with van der Waals surface area (Å²) in [4.78, 5) is 24.4. The number of morpholine rings is 1. The third-order valence-corrected chi connectivity index (χ3v) is 3.29. The van der Waals surface area contributed by atoms with E-state index in [1.807, 2.05) is 7.05 Å². The minimum atomic E-state index is -0.876. The maximum Gasteiger partial charge on any atom is 0.307 e. The molecular formula is C11H18N2O4. The largest absolute Gasteiger partial charge is 0.481 e. The summed E-state index contributed by atoms with van der Waals surface area (Å²) in [6, 6.07) is 0. The molecule has 1 saturated carbocycles. The number of aliphatic carboxylic acids is 1. The first-order chi connectivity index (χ1) is 8.08. The summed E-state index contributed by atoms with van der Waals surface area (Å²) in [6.45, 7) is 2.85. The van der Waals surface area contributed by atoms with Crippen LogP contribution in [-0.4, -0.2) is 61.3 Å². The normalized spacial score (nSPS) is 33.1. The second-order valence-corrected chi connectivity index (χ2v) is 4.79. The van der Waals surface area contributed by atoms with Crippen molar-refractivity contribution in [3.63, 3.8) is 0 Å². The zero-order chi connectivity index (χ0) is 12.4. The summed E-state index contributed by atoms with van der Waals surface area (Å²) in [5.41, 5.74) is 0. The molecule has 1 saturated heterocycles. The van der Waals surface area contributed by atoms with Crippen LogP contribution in [-0.2, 0) is 14.3 Å². The van der Waals surface area contributed by atoms with E-state index in [1.165, 1.54) is 0 Å². The highest BCUT2D eigenvalue weighted by molar-refractivity contribution is 5.89. The van der Waals surface area contributed by atoms with Crippen molar-refractivity contribution in [2.75, 3.05) is 33.3 Å². The molecule has 2 rings (SSSR count). The number of nitrogens with zero attached hydrogens (tertiary/aromatic N) is 1. The third kappa shape index (κ3) is 3.17. The standard InChI is InChI=1S/C11H18N2O4/c1-13-2-3-17-7(6-13)5-12-10(14)8-4-9(8)11(15)16/h7-9H,2-6H2,1H3,(H,12,14)(H,15,16)/t7?,8-,9+/m1/s1. The van der Waals surface area contributed by atoms with Gasteiger partial charge in [0.15, 0.2) is 0 Å². The van der Waals surface area contributed by atoms with E-state index < -0.39 is 11.9 Å². The highest BCUT2D eigenvalue weighted by Gasteiger charge is 2.48. The van der Waals surface area contributed by atoms with Crippen LogP contribution in [0.5, 0.6) is 0 Å². The molecule has 6 nitrogen and oxygen atoms in total. The Hall–Kier alpha value is -1.14. The molecule has 3 atom stereocenters. The minimum absolute atomic E-state index is 0.0136. The van der Waals surface area contributed by atoms with Crippen molar-refractivity contribution in [3.05, 3.63) is 0 Å². The lowest BCUT2D eigenvalue weighted by atomic mass is 10.2. The number of hydrogen-bond donors (Lipinski definition) is 2. The number of carbonyl (C=O) groups is 2. The van der Waals surface area contributed by atoms with E-state index in [0.717, 1.165) is 13.1 Å². The number of ether oxygens (including phenoxy) is 1. The minimum Gasteiger partial charge on any atom is -0.481 e. The maximum atomic E-state index is 11.6.